The first kappa shape index (κ1) is 7.68. The van der Waals surface area contributed by atoms with E-state index >= 15 is 0 Å². The molecule has 1 aliphatic rings. The van der Waals surface area contributed by atoms with Crippen molar-refractivity contribution in [3.63, 3.8) is 0 Å². The fourth-order valence-electron chi connectivity index (χ4n) is 1.82. The number of nitrogens with one attached hydrogen (secondary N) is 1. The van der Waals surface area contributed by atoms with E-state index in [-0.39, 0.29) is 0 Å². The minimum Gasteiger partial charge on any atom is -0.490 e. The maximum Gasteiger partial charge on any atom is 0.143 e. The van der Waals surface area contributed by atoms with Gasteiger partial charge in [0.2, 0.25) is 0 Å². The van der Waals surface area contributed by atoms with Crippen molar-refractivity contribution in [1.82, 2.24) is 0 Å². The van der Waals surface area contributed by atoms with Crippen LogP contribution in [0.25, 0.3) is 10.8 Å². The quantitative estimate of drug-likeness (QED) is 0.681. The number of anilines is 1. The number of hydrogen-bond acceptors (Lipinski definition) is 2. The molecule has 0 aliphatic carbocycles. The number of ether oxygens (including phenoxy) is 1. The molecular formula is C12H11NO. The van der Waals surface area contributed by atoms with Crippen molar-refractivity contribution in [2.45, 2.75) is 0 Å². The topological polar surface area (TPSA) is 21.3 Å². The second-order valence-electron chi connectivity index (χ2n) is 3.47. The number of benzene rings is 2. The van der Waals surface area contributed by atoms with Crippen LogP contribution in [-0.4, -0.2) is 13.2 Å². The van der Waals surface area contributed by atoms with E-state index in [2.05, 4.69) is 35.6 Å². The van der Waals surface area contributed by atoms with Gasteiger partial charge in [0.1, 0.15) is 12.4 Å². The summed E-state index contributed by atoms with van der Waals surface area (Å²) in [5.74, 6) is 0.968. The van der Waals surface area contributed by atoms with Crippen LogP contribution in [0, 0.1) is 0 Å². The van der Waals surface area contributed by atoms with Crippen molar-refractivity contribution in [3.8, 4) is 5.75 Å². The van der Waals surface area contributed by atoms with E-state index < -0.39 is 0 Å². The Bertz CT molecular complexity index is 434. The number of hydrogen-bond donors (Lipinski definition) is 1. The Kier molecular flexibility index (Phi) is 1.60. The Labute approximate surface area is 82.5 Å². The maximum atomic E-state index is 5.57. The number of rotatable bonds is 0. The summed E-state index contributed by atoms with van der Waals surface area (Å²) < 4.78 is 5.57. The lowest BCUT2D eigenvalue weighted by atomic mass is 10.1. The molecule has 0 saturated carbocycles. The zero-order valence-corrected chi connectivity index (χ0v) is 7.79. The monoisotopic (exact) mass is 185 g/mol. The van der Waals surface area contributed by atoms with E-state index in [0.29, 0.717) is 0 Å². The van der Waals surface area contributed by atoms with E-state index in [0.717, 1.165) is 24.6 Å². The van der Waals surface area contributed by atoms with E-state index in [4.69, 9.17) is 4.74 Å². The molecule has 2 nitrogen and oxygen atoms in total. The summed E-state index contributed by atoms with van der Waals surface area (Å²) in [5, 5.41) is 5.82. The summed E-state index contributed by atoms with van der Waals surface area (Å²) in [5.41, 5.74) is 1.11. The summed E-state index contributed by atoms with van der Waals surface area (Å²) in [6, 6.07) is 12.6. The Hall–Kier alpha value is -1.70. The molecule has 1 heterocycles. The van der Waals surface area contributed by atoms with Crippen LogP contribution < -0.4 is 10.1 Å². The van der Waals surface area contributed by atoms with Gasteiger partial charge in [-0.3, -0.25) is 0 Å². The first-order valence-corrected chi connectivity index (χ1v) is 4.83. The Morgan fingerprint density at radius 2 is 1.86 bits per heavy atom. The van der Waals surface area contributed by atoms with E-state index in [1.54, 1.807) is 0 Å². The molecule has 0 amide bonds. The molecule has 0 spiro atoms. The highest BCUT2D eigenvalue weighted by Crippen LogP contribution is 2.31. The van der Waals surface area contributed by atoms with Gasteiger partial charge >= 0.3 is 0 Å². The first-order valence-electron chi connectivity index (χ1n) is 4.83. The predicted molar refractivity (Wildman–Crippen MR) is 57.9 cm³/mol. The van der Waals surface area contributed by atoms with Gasteiger partial charge in [0.25, 0.3) is 0 Å². The largest absolute Gasteiger partial charge is 0.490 e. The second-order valence-corrected chi connectivity index (χ2v) is 3.47. The van der Waals surface area contributed by atoms with Crippen LogP contribution in [0.15, 0.2) is 36.4 Å². The van der Waals surface area contributed by atoms with Crippen LogP contribution in [0.1, 0.15) is 0 Å². The summed E-state index contributed by atoms with van der Waals surface area (Å²) in [6.45, 7) is 1.65. The SMILES string of the molecule is c1ccc2cc3c(cc2c1)NCCO3. The average Bonchev–Trinajstić information content (AvgIpc) is 2.26. The molecule has 1 aliphatic heterocycles. The zero-order chi connectivity index (χ0) is 9.38. The molecule has 2 aromatic carbocycles. The molecule has 0 radical (unpaired) electrons. The minimum absolute atomic E-state index is 0.755. The molecule has 0 aromatic heterocycles. The predicted octanol–water partition coefficient (Wildman–Crippen LogP) is 2.64. The second kappa shape index (κ2) is 2.91. The fourth-order valence-corrected chi connectivity index (χ4v) is 1.82. The molecule has 0 fully saturated rings. The van der Waals surface area contributed by atoms with Crippen LogP contribution in [0.3, 0.4) is 0 Å². The van der Waals surface area contributed by atoms with Crippen molar-refractivity contribution in [2.24, 2.45) is 0 Å². The molecule has 14 heavy (non-hydrogen) atoms. The van der Waals surface area contributed by atoms with E-state index in [9.17, 15) is 0 Å². The smallest absolute Gasteiger partial charge is 0.143 e. The molecule has 1 N–H and O–H groups in total. The number of fused-ring (bicyclic) bond motifs is 2. The summed E-state index contributed by atoms with van der Waals surface area (Å²) >= 11 is 0. The fraction of sp³-hybridized carbons (Fsp3) is 0.167. The van der Waals surface area contributed by atoms with Crippen molar-refractivity contribution >= 4 is 16.5 Å². The third kappa shape index (κ3) is 1.11. The zero-order valence-electron chi connectivity index (χ0n) is 7.79. The van der Waals surface area contributed by atoms with Gasteiger partial charge in [0, 0.05) is 6.54 Å². The third-order valence-corrected chi connectivity index (χ3v) is 2.52. The summed E-state index contributed by atoms with van der Waals surface area (Å²) in [4.78, 5) is 0. The Balaban J connectivity index is 2.27. The van der Waals surface area contributed by atoms with E-state index in [1.807, 2.05) is 6.07 Å². The highest BCUT2D eigenvalue weighted by atomic mass is 16.5. The lowest BCUT2D eigenvalue weighted by Crippen LogP contribution is -2.17. The van der Waals surface area contributed by atoms with Crippen molar-refractivity contribution in [3.05, 3.63) is 36.4 Å². The molecule has 70 valence electrons. The molecule has 3 rings (SSSR count). The van der Waals surface area contributed by atoms with Crippen LogP contribution in [0.2, 0.25) is 0 Å². The molecule has 2 heteroatoms. The van der Waals surface area contributed by atoms with Crippen molar-refractivity contribution in [2.75, 3.05) is 18.5 Å². The van der Waals surface area contributed by atoms with Gasteiger partial charge in [-0.15, -0.1) is 0 Å². The van der Waals surface area contributed by atoms with Gasteiger partial charge in [-0.25, -0.2) is 0 Å². The third-order valence-electron chi connectivity index (χ3n) is 2.52. The van der Waals surface area contributed by atoms with Gasteiger partial charge in [0.15, 0.2) is 0 Å². The molecule has 0 atom stereocenters. The van der Waals surface area contributed by atoms with Crippen LogP contribution in [0.4, 0.5) is 5.69 Å². The lowest BCUT2D eigenvalue weighted by molar-refractivity contribution is 0.324. The summed E-state index contributed by atoms with van der Waals surface area (Å²) in [6.07, 6.45) is 0. The molecule has 0 saturated heterocycles. The Morgan fingerprint density at radius 1 is 1.07 bits per heavy atom. The molecular weight excluding hydrogens is 174 g/mol. The van der Waals surface area contributed by atoms with Crippen LogP contribution >= 0.6 is 0 Å². The molecule has 2 aromatic rings. The lowest BCUT2D eigenvalue weighted by Gasteiger charge is -2.19. The Morgan fingerprint density at radius 3 is 2.71 bits per heavy atom. The first-order chi connectivity index (χ1) is 6.93. The van der Waals surface area contributed by atoms with Crippen molar-refractivity contribution in [1.29, 1.82) is 0 Å². The molecule has 0 bridgehead atoms. The van der Waals surface area contributed by atoms with Crippen molar-refractivity contribution < 1.29 is 4.74 Å². The van der Waals surface area contributed by atoms with Gasteiger partial charge in [-0.05, 0) is 22.9 Å². The highest BCUT2D eigenvalue weighted by molar-refractivity contribution is 5.88. The average molecular weight is 185 g/mol. The standard InChI is InChI=1S/C12H11NO/c1-2-4-10-8-12-11(7-9(10)3-1)13-5-6-14-12/h1-4,7-8,13H,5-6H2. The van der Waals surface area contributed by atoms with Gasteiger partial charge in [-0.1, -0.05) is 24.3 Å². The maximum absolute atomic E-state index is 5.57. The van der Waals surface area contributed by atoms with E-state index in [1.165, 1.54) is 10.8 Å². The molecule has 0 unspecified atom stereocenters. The summed E-state index contributed by atoms with van der Waals surface area (Å²) in [7, 11) is 0. The van der Waals surface area contributed by atoms with Gasteiger partial charge in [0.05, 0.1) is 5.69 Å². The van der Waals surface area contributed by atoms with Crippen LogP contribution in [-0.2, 0) is 0 Å². The van der Waals surface area contributed by atoms with Crippen LogP contribution in [0.5, 0.6) is 5.75 Å². The van der Waals surface area contributed by atoms with Gasteiger partial charge < -0.3 is 10.1 Å². The minimum atomic E-state index is 0.755. The van der Waals surface area contributed by atoms with Gasteiger partial charge in [-0.2, -0.15) is 0 Å². The highest BCUT2D eigenvalue weighted by Gasteiger charge is 2.09. The normalized spacial score (nSPS) is 14.3.